The maximum atomic E-state index is 12.9. The van der Waals surface area contributed by atoms with Crippen LogP contribution in [-0.2, 0) is 21.5 Å². The van der Waals surface area contributed by atoms with E-state index < -0.39 is 0 Å². The number of hydrogen-bond donors (Lipinski definition) is 0. The van der Waals surface area contributed by atoms with E-state index >= 15 is 0 Å². The lowest BCUT2D eigenvalue weighted by Gasteiger charge is -2.32. The third kappa shape index (κ3) is 6.30. The number of nitrogens with zero attached hydrogens (tertiary/aromatic N) is 2. The summed E-state index contributed by atoms with van der Waals surface area (Å²) in [4.78, 5) is 29.1. The Labute approximate surface area is 186 Å². The quantitative estimate of drug-likeness (QED) is 0.649. The van der Waals surface area contributed by atoms with Crippen molar-refractivity contribution in [1.82, 2.24) is 9.80 Å². The van der Waals surface area contributed by atoms with Crippen molar-refractivity contribution < 1.29 is 9.59 Å². The number of carbonyl (C=O) groups excluding carboxylic acids is 2. The number of rotatable bonds is 5. The van der Waals surface area contributed by atoms with Crippen molar-refractivity contribution in [3.05, 3.63) is 77.4 Å². The van der Waals surface area contributed by atoms with Gasteiger partial charge >= 0.3 is 0 Å². The molecule has 1 heterocycles. The Hall–Kier alpha value is -2.88. The van der Waals surface area contributed by atoms with Gasteiger partial charge in [0, 0.05) is 38.7 Å². The normalized spacial score (nSPS) is 15.3. The van der Waals surface area contributed by atoms with Crippen molar-refractivity contribution in [3.8, 4) is 0 Å². The second-order valence-electron chi connectivity index (χ2n) is 9.48. The second-order valence-corrected chi connectivity index (χ2v) is 9.48. The predicted octanol–water partition coefficient (Wildman–Crippen LogP) is 4.89. The molecule has 2 amide bonds. The standard InChI is InChI=1S/C27H34N2O2/c1-27(2,3)24-13-10-22(11-14-24)20-28(4)26(31)23-16-18-29(19-17-23)25(30)15-12-21-8-6-5-7-9-21/h5-15,23H,16-20H2,1-4H3. The van der Waals surface area contributed by atoms with Crippen molar-refractivity contribution >= 4 is 17.9 Å². The van der Waals surface area contributed by atoms with Gasteiger partial charge in [-0.05, 0) is 41.0 Å². The van der Waals surface area contributed by atoms with Crippen molar-refractivity contribution in [2.24, 2.45) is 5.92 Å². The molecule has 0 N–H and O–H groups in total. The van der Waals surface area contributed by atoms with E-state index in [1.54, 1.807) is 6.08 Å². The predicted molar refractivity (Wildman–Crippen MR) is 126 cm³/mol. The maximum absolute atomic E-state index is 12.9. The zero-order valence-electron chi connectivity index (χ0n) is 19.2. The monoisotopic (exact) mass is 418 g/mol. The molecule has 2 aromatic carbocycles. The summed E-state index contributed by atoms with van der Waals surface area (Å²) >= 11 is 0. The summed E-state index contributed by atoms with van der Waals surface area (Å²) < 4.78 is 0. The molecule has 31 heavy (non-hydrogen) atoms. The Kier molecular flexibility index (Phi) is 7.32. The fourth-order valence-electron chi connectivity index (χ4n) is 3.96. The average Bonchev–Trinajstić information content (AvgIpc) is 2.77. The fraction of sp³-hybridized carbons (Fsp3) is 0.407. The van der Waals surface area contributed by atoms with Gasteiger partial charge in [0.1, 0.15) is 0 Å². The number of hydrogen-bond acceptors (Lipinski definition) is 2. The first-order valence-electron chi connectivity index (χ1n) is 11.1. The Morgan fingerprint density at radius 2 is 1.61 bits per heavy atom. The zero-order chi connectivity index (χ0) is 22.4. The molecule has 1 saturated heterocycles. The number of piperidine rings is 1. The molecule has 4 heteroatoms. The third-order valence-corrected chi connectivity index (χ3v) is 5.99. The summed E-state index contributed by atoms with van der Waals surface area (Å²) in [5.74, 6) is 0.176. The highest BCUT2D eigenvalue weighted by Gasteiger charge is 2.28. The van der Waals surface area contributed by atoms with Crippen LogP contribution in [0, 0.1) is 5.92 Å². The van der Waals surface area contributed by atoms with Gasteiger partial charge in [-0.2, -0.15) is 0 Å². The summed E-state index contributed by atoms with van der Waals surface area (Å²) in [5, 5.41) is 0. The number of carbonyl (C=O) groups is 2. The molecule has 1 fully saturated rings. The molecule has 1 aliphatic heterocycles. The molecule has 1 aliphatic rings. The van der Waals surface area contributed by atoms with Crippen molar-refractivity contribution in [1.29, 1.82) is 0 Å². The molecular weight excluding hydrogens is 384 g/mol. The molecule has 164 valence electrons. The lowest BCUT2D eigenvalue weighted by atomic mass is 9.86. The molecule has 0 bridgehead atoms. The zero-order valence-corrected chi connectivity index (χ0v) is 19.2. The molecule has 4 nitrogen and oxygen atoms in total. The van der Waals surface area contributed by atoms with Gasteiger partial charge in [-0.15, -0.1) is 0 Å². The summed E-state index contributed by atoms with van der Waals surface area (Å²) in [6.45, 7) is 8.47. The van der Waals surface area contributed by atoms with Crippen molar-refractivity contribution in [2.75, 3.05) is 20.1 Å². The van der Waals surface area contributed by atoms with Crippen molar-refractivity contribution in [2.45, 2.75) is 45.6 Å². The van der Waals surface area contributed by atoms with E-state index in [1.165, 1.54) is 5.56 Å². The van der Waals surface area contributed by atoms with E-state index in [-0.39, 0.29) is 23.1 Å². The Bertz CT molecular complexity index is 903. The highest BCUT2D eigenvalue weighted by molar-refractivity contribution is 5.92. The molecule has 0 atom stereocenters. The molecular formula is C27H34N2O2. The van der Waals surface area contributed by atoms with Crippen LogP contribution in [0.5, 0.6) is 0 Å². The van der Waals surface area contributed by atoms with E-state index in [9.17, 15) is 9.59 Å². The van der Waals surface area contributed by atoms with Crippen LogP contribution >= 0.6 is 0 Å². The first kappa shape index (κ1) is 22.8. The lowest BCUT2D eigenvalue weighted by molar-refractivity contribution is -0.138. The van der Waals surface area contributed by atoms with Gasteiger partial charge in [-0.1, -0.05) is 75.4 Å². The van der Waals surface area contributed by atoms with Crippen molar-refractivity contribution in [3.63, 3.8) is 0 Å². The molecule has 0 aromatic heterocycles. The fourth-order valence-corrected chi connectivity index (χ4v) is 3.96. The first-order chi connectivity index (χ1) is 14.7. The highest BCUT2D eigenvalue weighted by Crippen LogP contribution is 2.24. The summed E-state index contributed by atoms with van der Waals surface area (Å²) in [5.41, 5.74) is 3.58. The van der Waals surface area contributed by atoms with Gasteiger partial charge in [0.2, 0.25) is 11.8 Å². The largest absolute Gasteiger partial charge is 0.341 e. The molecule has 2 aromatic rings. The van der Waals surface area contributed by atoms with Crippen LogP contribution in [-0.4, -0.2) is 41.8 Å². The third-order valence-electron chi connectivity index (χ3n) is 5.99. The SMILES string of the molecule is CN(Cc1ccc(C(C)(C)C)cc1)C(=O)C1CCN(C(=O)C=Cc2ccccc2)CC1. The summed E-state index contributed by atoms with van der Waals surface area (Å²) in [6.07, 6.45) is 4.91. The summed E-state index contributed by atoms with van der Waals surface area (Å²) in [7, 11) is 1.88. The molecule has 0 saturated carbocycles. The van der Waals surface area contributed by atoms with Gasteiger partial charge in [0.25, 0.3) is 0 Å². The lowest BCUT2D eigenvalue weighted by Crippen LogP contribution is -2.42. The number of amides is 2. The van der Waals surface area contributed by atoms with E-state index in [1.807, 2.05) is 53.3 Å². The van der Waals surface area contributed by atoms with Crippen LogP contribution < -0.4 is 0 Å². The van der Waals surface area contributed by atoms with Crippen LogP contribution in [0.3, 0.4) is 0 Å². The van der Waals surface area contributed by atoms with Gasteiger partial charge in [-0.3, -0.25) is 9.59 Å². The van der Waals surface area contributed by atoms with Crippen LogP contribution in [0.1, 0.15) is 50.3 Å². The summed E-state index contributed by atoms with van der Waals surface area (Å²) in [6, 6.07) is 18.4. The van der Waals surface area contributed by atoms with E-state index in [0.717, 1.165) is 24.0 Å². The minimum absolute atomic E-state index is 0.0130. The van der Waals surface area contributed by atoms with Gasteiger partial charge in [0.05, 0.1) is 0 Å². The number of likely N-dealkylation sites (tertiary alicyclic amines) is 1. The van der Waals surface area contributed by atoms with Crippen LogP contribution in [0.25, 0.3) is 6.08 Å². The van der Waals surface area contributed by atoms with E-state index in [4.69, 9.17) is 0 Å². The maximum Gasteiger partial charge on any atom is 0.246 e. The minimum Gasteiger partial charge on any atom is -0.341 e. The molecule has 0 aliphatic carbocycles. The van der Waals surface area contributed by atoms with Crippen LogP contribution in [0.2, 0.25) is 0 Å². The Morgan fingerprint density at radius 1 is 1.00 bits per heavy atom. The minimum atomic E-state index is -0.0130. The number of benzene rings is 2. The van der Waals surface area contributed by atoms with Gasteiger partial charge in [-0.25, -0.2) is 0 Å². The Morgan fingerprint density at radius 3 is 2.19 bits per heavy atom. The molecule has 0 radical (unpaired) electrons. The molecule has 3 rings (SSSR count). The smallest absolute Gasteiger partial charge is 0.246 e. The van der Waals surface area contributed by atoms with Crippen LogP contribution in [0.15, 0.2) is 60.7 Å². The van der Waals surface area contributed by atoms with Gasteiger partial charge < -0.3 is 9.80 Å². The highest BCUT2D eigenvalue weighted by atomic mass is 16.2. The second kappa shape index (κ2) is 9.95. The average molecular weight is 419 g/mol. The molecule has 0 unspecified atom stereocenters. The van der Waals surface area contributed by atoms with Gasteiger partial charge in [0.15, 0.2) is 0 Å². The van der Waals surface area contributed by atoms with E-state index in [0.29, 0.717) is 19.6 Å². The molecule has 0 spiro atoms. The topological polar surface area (TPSA) is 40.6 Å². The Balaban J connectivity index is 1.49. The first-order valence-corrected chi connectivity index (χ1v) is 11.1. The van der Waals surface area contributed by atoms with E-state index in [2.05, 4.69) is 45.0 Å². The van der Waals surface area contributed by atoms with Crippen LogP contribution in [0.4, 0.5) is 0 Å².